The summed E-state index contributed by atoms with van der Waals surface area (Å²) in [6, 6.07) is 0. The van der Waals surface area contributed by atoms with Gasteiger partial charge >= 0.3 is 6.18 Å². The van der Waals surface area contributed by atoms with Crippen LogP contribution in [0.3, 0.4) is 0 Å². The third kappa shape index (κ3) is 5.91. The van der Waals surface area contributed by atoms with Crippen molar-refractivity contribution in [2.45, 2.75) is 18.7 Å². The molecular weight excluding hydrogens is 343 g/mol. The number of hydrogen-bond acceptors (Lipinski definition) is 5. The summed E-state index contributed by atoms with van der Waals surface area (Å²) in [7, 11) is 3.69. The fourth-order valence-corrected chi connectivity index (χ4v) is 3.07. The van der Waals surface area contributed by atoms with Crippen LogP contribution in [0.25, 0.3) is 0 Å². The van der Waals surface area contributed by atoms with E-state index in [4.69, 9.17) is 4.74 Å². The number of thiazole rings is 1. The zero-order chi connectivity index (χ0) is 17.6. The Kier molecular flexibility index (Phi) is 6.81. The van der Waals surface area contributed by atoms with Crippen LogP contribution in [-0.2, 0) is 17.3 Å². The van der Waals surface area contributed by atoms with Gasteiger partial charge in [-0.1, -0.05) is 0 Å². The van der Waals surface area contributed by atoms with Gasteiger partial charge in [-0.2, -0.15) is 13.2 Å². The van der Waals surface area contributed by atoms with Gasteiger partial charge in [0, 0.05) is 45.0 Å². The lowest BCUT2D eigenvalue weighted by Gasteiger charge is -2.30. The number of aliphatic imine (C=N–C) groups is 1. The van der Waals surface area contributed by atoms with Crippen molar-refractivity contribution in [1.82, 2.24) is 20.5 Å². The van der Waals surface area contributed by atoms with Gasteiger partial charge < -0.3 is 20.3 Å². The smallest absolute Gasteiger partial charge is 0.374 e. The molecule has 1 aliphatic rings. The largest absolute Gasteiger partial charge is 0.434 e. The molecule has 24 heavy (non-hydrogen) atoms. The Morgan fingerprint density at radius 2 is 2.29 bits per heavy atom. The van der Waals surface area contributed by atoms with E-state index in [0.717, 1.165) is 29.8 Å². The minimum absolute atomic E-state index is 0.0932. The van der Waals surface area contributed by atoms with Crippen molar-refractivity contribution in [2.24, 2.45) is 4.99 Å². The van der Waals surface area contributed by atoms with Gasteiger partial charge in [0.05, 0.1) is 17.7 Å². The van der Waals surface area contributed by atoms with E-state index in [1.54, 1.807) is 7.05 Å². The normalized spacial score (nSPS) is 20.2. The summed E-state index contributed by atoms with van der Waals surface area (Å²) in [4.78, 5) is 9.90. The molecule has 1 aliphatic heterocycles. The first-order valence-corrected chi connectivity index (χ1v) is 8.52. The van der Waals surface area contributed by atoms with E-state index < -0.39 is 11.9 Å². The lowest BCUT2D eigenvalue weighted by atomic mass is 10.3. The summed E-state index contributed by atoms with van der Waals surface area (Å²) >= 11 is 1.02. The molecule has 10 heteroatoms. The summed E-state index contributed by atoms with van der Waals surface area (Å²) in [6.07, 6.45) is -3.88. The number of halogens is 3. The maximum atomic E-state index is 12.5. The molecule has 0 aliphatic carbocycles. The molecule has 1 aromatic rings. The molecule has 2 heterocycles. The minimum atomic E-state index is -4.38. The first kappa shape index (κ1) is 18.9. The van der Waals surface area contributed by atoms with Crippen molar-refractivity contribution in [3.05, 3.63) is 16.1 Å². The van der Waals surface area contributed by atoms with E-state index >= 15 is 0 Å². The van der Waals surface area contributed by atoms with Crippen molar-refractivity contribution >= 4 is 17.3 Å². The van der Waals surface area contributed by atoms with Gasteiger partial charge in [0.15, 0.2) is 11.7 Å². The summed E-state index contributed by atoms with van der Waals surface area (Å²) < 4.78 is 43.1. The second-order valence-corrected chi connectivity index (χ2v) is 6.45. The Morgan fingerprint density at radius 1 is 1.50 bits per heavy atom. The Bertz CT molecular complexity index is 549. The Balaban J connectivity index is 1.71. The van der Waals surface area contributed by atoms with Crippen LogP contribution in [0.5, 0.6) is 0 Å². The summed E-state index contributed by atoms with van der Waals surface area (Å²) in [5.74, 6) is 0.597. The minimum Gasteiger partial charge on any atom is -0.374 e. The zero-order valence-electron chi connectivity index (χ0n) is 13.7. The lowest BCUT2D eigenvalue weighted by Crippen LogP contribution is -2.48. The highest BCUT2D eigenvalue weighted by molar-refractivity contribution is 7.09. The van der Waals surface area contributed by atoms with E-state index in [1.165, 1.54) is 0 Å². The number of likely N-dealkylation sites (N-methyl/N-ethyl adjacent to an activating group) is 1. The average Bonchev–Trinajstić information content (AvgIpc) is 3.00. The van der Waals surface area contributed by atoms with Crippen LogP contribution >= 0.6 is 11.3 Å². The fraction of sp³-hybridized carbons (Fsp3) is 0.714. The van der Waals surface area contributed by atoms with Gasteiger partial charge in [-0.05, 0) is 7.05 Å². The molecule has 2 rings (SSSR count). The van der Waals surface area contributed by atoms with Crippen LogP contribution in [0.4, 0.5) is 13.2 Å². The van der Waals surface area contributed by atoms with Gasteiger partial charge in [0.2, 0.25) is 0 Å². The second kappa shape index (κ2) is 8.63. The molecule has 0 amide bonds. The number of guanidine groups is 1. The molecule has 2 N–H and O–H groups in total. The van der Waals surface area contributed by atoms with Gasteiger partial charge in [-0.3, -0.25) is 4.99 Å². The molecule has 0 spiro atoms. The topological polar surface area (TPSA) is 61.8 Å². The fourth-order valence-electron chi connectivity index (χ4n) is 2.27. The number of aromatic nitrogens is 1. The molecule has 1 fully saturated rings. The molecule has 1 saturated heterocycles. The van der Waals surface area contributed by atoms with Crippen molar-refractivity contribution in [1.29, 1.82) is 0 Å². The number of ether oxygens (including phenoxy) is 1. The van der Waals surface area contributed by atoms with Gasteiger partial charge in [0.25, 0.3) is 0 Å². The Hall–Kier alpha value is -1.39. The highest BCUT2D eigenvalue weighted by atomic mass is 32.1. The van der Waals surface area contributed by atoms with E-state index in [1.807, 2.05) is 7.05 Å². The Morgan fingerprint density at radius 3 is 2.92 bits per heavy atom. The number of nitrogens with zero attached hydrogens (tertiary/aromatic N) is 3. The van der Waals surface area contributed by atoms with Crippen LogP contribution in [0, 0.1) is 0 Å². The SMILES string of the molecule is CN=C(NCCc1nc(C(F)(F)F)cs1)NCC1CN(C)CCO1. The van der Waals surface area contributed by atoms with Gasteiger partial charge in [-0.15, -0.1) is 11.3 Å². The average molecular weight is 365 g/mol. The van der Waals surface area contributed by atoms with Crippen molar-refractivity contribution < 1.29 is 17.9 Å². The predicted molar refractivity (Wildman–Crippen MR) is 87.4 cm³/mol. The molecule has 6 nitrogen and oxygen atoms in total. The van der Waals surface area contributed by atoms with Crippen molar-refractivity contribution in [3.63, 3.8) is 0 Å². The van der Waals surface area contributed by atoms with Crippen LogP contribution in [0.15, 0.2) is 10.4 Å². The van der Waals surface area contributed by atoms with Gasteiger partial charge in [-0.25, -0.2) is 4.98 Å². The van der Waals surface area contributed by atoms with Crippen LogP contribution in [-0.4, -0.2) is 68.8 Å². The highest BCUT2D eigenvalue weighted by Gasteiger charge is 2.33. The van der Waals surface area contributed by atoms with Crippen molar-refractivity contribution in [2.75, 3.05) is 46.9 Å². The molecule has 1 atom stereocenters. The zero-order valence-corrected chi connectivity index (χ0v) is 14.5. The summed E-state index contributed by atoms with van der Waals surface area (Å²) in [6.45, 7) is 3.57. The third-order valence-corrected chi connectivity index (χ3v) is 4.44. The maximum absolute atomic E-state index is 12.5. The first-order chi connectivity index (χ1) is 11.4. The lowest BCUT2D eigenvalue weighted by molar-refractivity contribution is -0.140. The molecular formula is C14H22F3N5OS. The van der Waals surface area contributed by atoms with Crippen LogP contribution < -0.4 is 10.6 Å². The summed E-state index contributed by atoms with van der Waals surface area (Å²) in [5, 5.41) is 7.73. The maximum Gasteiger partial charge on any atom is 0.434 e. The number of rotatable bonds is 5. The molecule has 0 radical (unpaired) electrons. The predicted octanol–water partition coefficient (Wildman–Crippen LogP) is 1.20. The quantitative estimate of drug-likeness (QED) is 0.607. The van der Waals surface area contributed by atoms with Crippen molar-refractivity contribution in [3.8, 4) is 0 Å². The highest BCUT2D eigenvalue weighted by Crippen LogP contribution is 2.29. The molecule has 0 aromatic carbocycles. The molecule has 136 valence electrons. The van der Waals surface area contributed by atoms with Crippen LogP contribution in [0.1, 0.15) is 10.7 Å². The standard InChI is InChI=1S/C14H22F3N5OS/c1-18-13(20-7-10-8-22(2)5-6-23-10)19-4-3-12-21-11(9-24-12)14(15,16)17/h9-10H,3-8H2,1-2H3,(H2,18,19,20). The first-order valence-electron chi connectivity index (χ1n) is 7.64. The van der Waals surface area contributed by atoms with E-state index in [-0.39, 0.29) is 6.10 Å². The van der Waals surface area contributed by atoms with E-state index in [9.17, 15) is 13.2 Å². The second-order valence-electron chi connectivity index (χ2n) is 5.51. The van der Waals surface area contributed by atoms with E-state index in [0.29, 0.717) is 37.1 Å². The van der Waals surface area contributed by atoms with Crippen LogP contribution in [0.2, 0.25) is 0 Å². The third-order valence-electron chi connectivity index (χ3n) is 3.54. The monoisotopic (exact) mass is 365 g/mol. The van der Waals surface area contributed by atoms with Gasteiger partial charge in [0.1, 0.15) is 0 Å². The molecule has 0 bridgehead atoms. The number of nitrogens with one attached hydrogen (secondary N) is 2. The molecule has 0 saturated carbocycles. The number of hydrogen-bond donors (Lipinski definition) is 2. The summed E-state index contributed by atoms with van der Waals surface area (Å²) in [5.41, 5.74) is -0.830. The number of morpholine rings is 1. The number of alkyl halides is 3. The molecule has 1 unspecified atom stereocenters. The Labute approximate surface area is 143 Å². The molecule has 1 aromatic heterocycles. The van der Waals surface area contributed by atoms with E-state index in [2.05, 4.69) is 25.5 Å².